The number of oxazole rings is 1. The van der Waals surface area contributed by atoms with Gasteiger partial charge in [-0.1, -0.05) is 36.4 Å². The average molecular weight is 235 g/mol. The number of hydrogen-bond acceptors (Lipinski definition) is 2. The number of allylic oxidation sites excluding steroid dienone is 1. The Bertz CT molecular complexity index is 659. The Hall–Kier alpha value is -2.35. The predicted molar refractivity (Wildman–Crippen MR) is 74.2 cm³/mol. The van der Waals surface area contributed by atoms with Crippen molar-refractivity contribution in [3.63, 3.8) is 0 Å². The van der Waals surface area contributed by atoms with Crippen LogP contribution in [0.25, 0.3) is 28.6 Å². The van der Waals surface area contributed by atoms with Gasteiger partial charge in [0, 0.05) is 5.56 Å². The molecule has 0 saturated heterocycles. The molecule has 2 heteroatoms. The van der Waals surface area contributed by atoms with Gasteiger partial charge in [-0.2, -0.15) is 0 Å². The van der Waals surface area contributed by atoms with E-state index in [-0.39, 0.29) is 0 Å². The van der Waals surface area contributed by atoms with Crippen LogP contribution in [-0.2, 0) is 0 Å². The molecule has 0 unspecified atom stereocenters. The molecule has 18 heavy (non-hydrogen) atoms. The van der Waals surface area contributed by atoms with Crippen LogP contribution in [0, 0.1) is 0 Å². The van der Waals surface area contributed by atoms with Gasteiger partial charge in [0.1, 0.15) is 5.52 Å². The van der Waals surface area contributed by atoms with Crippen molar-refractivity contribution in [3.8, 4) is 11.5 Å². The molecule has 1 aromatic heterocycles. The van der Waals surface area contributed by atoms with Crippen LogP contribution in [-0.4, -0.2) is 4.98 Å². The maximum Gasteiger partial charge on any atom is 0.227 e. The van der Waals surface area contributed by atoms with Gasteiger partial charge in [-0.05, 0) is 36.8 Å². The predicted octanol–water partition coefficient (Wildman–Crippen LogP) is 4.53. The first-order valence-electron chi connectivity index (χ1n) is 5.95. The number of para-hydroxylation sites is 2. The third kappa shape index (κ3) is 1.93. The maximum absolute atomic E-state index is 5.72. The Morgan fingerprint density at radius 3 is 2.50 bits per heavy atom. The smallest absolute Gasteiger partial charge is 0.227 e. The van der Waals surface area contributed by atoms with Crippen molar-refractivity contribution in [2.45, 2.75) is 6.92 Å². The minimum atomic E-state index is 0.670. The molecule has 0 aliphatic carbocycles. The van der Waals surface area contributed by atoms with Crippen molar-refractivity contribution in [2.24, 2.45) is 0 Å². The molecule has 3 aromatic rings. The van der Waals surface area contributed by atoms with Gasteiger partial charge in [0.25, 0.3) is 0 Å². The summed E-state index contributed by atoms with van der Waals surface area (Å²) < 4.78 is 5.72. The van der Waals surface area contributed by atoms with E-state index in [1.165, 1.54) is 5.56 Å². The summed E-state index contributed by atoms with van der Waals surface area (Å²) in [6.45, 7) is 2.01. The average Bonchev–Trinajstić information content (AvgIpc) is 2.84. The van der Waals surface area contributed by atoms with E-state index in [1.807, 2.05) is 49.4 Å². The molecule has 1 heterocycles. The minimum absolute atomic E-state index is 0.670. The summed E-state index contributed by atoms with van der Waals surface area (Å²) in [5.74, 6) is 0.670. The highest BCUT2D eigenvalue weighted by molar-refractivity contribution is 5.76. The van der Waals surface area contributed by atoms with Crippen LogP contribution in [0.4, 0.5) is 0 Å². The summed E-state index contributed by atoms with van der Waals surface area (Å²) in [4.78, 5) is 4.47. The monoisotopic (exact) mass is 235 g/mol. The molecule has 3 rings (SSSR count). The van der Waals surface area contributed by atoms with Gasteiger partial charge < -0.3 is 4.42 Å². The van der Waals surface area contributed by atoms with Crippen molar-refractivity contribution in [1.82, 2.24) is 4.98 Å². The van der Waals surface area contributed by atoms with Crippen LogP contribution in [0.15, 0.2) is 59.0 Å². The standard InChI is InChI=1S/C16H13NO/c1-2-5-12-8-10-13(11-9-12)16-17-14-6-3-4-7-15(14)18-16/h2-11H,1H3/b5-2-. The lowest BCUT2D eigenvalue weighted by molar-refractivity contribution is 0.620. The molecule has 0 radical (unpaired) electrons. The molecule has 0 bridgehead atoms. The van der Waals surface area contributed by atoms with Gasteiger partial charge >= 0.3 is 0 Å². The number of rotatable bonds is 2. The first-order chi connectivity index (χ1) is 8.86. The van der Waals surface area contributed by atoms with Crippen LogP contribution in [0.1, 0.15) is 12.5 Å². The van der Waals surface area contributed by atoms with E-state index in [0.717, 1.165) is 16.7 Å². The number of fused-ring (bicyclic) bond motifs is 1. The molecule has 0 amide bonds. The zero-order valence-electron chi connectivity index (χ0n) is 10.1. The number of nitrogens with zero attached hydrogens (tertiary/aromatic N) is 1. The van der Waals surface area contributed by atoms with Gasteiger partial charge in [-0.15, -0.1) is 0 Å². The van der Waals surface area contributed by atoms with E-state index in [2.05, 4.69) is 23.2 Å². The van der Waals surface area contributed by atoms with Crippen LogP contribution in [0.3, 0.4) is 0 Å². The van der Waals surface area contributed by atoms with Crippen LogP contribution in [0.2, 0.25) is 0 Å². The molecule has 88 valence electrons. The zero-order valence-corrected chi connectivity index (χ0v) is 10.1. The third-order valence-electron chi connectivity index (χ3n) is 2.81. The highest BCUT2D eigenvalue weighted by atomic mass is 16.3. The second-order valence-electron chi connectivity index (χ2n) is 4.11. The van der Waals surface area contributed by atoms with Crippen molar-refractivity contribution in [3.05, 3.63) is 60.2 Å². The van der Waals surface area contributed by atoms with E-state index in [0.29, 0.717) is 5.89 Å². The van der Waals surface area contributed by atoms with Crippen molar-refractivity contribution >= 4 is 17.2 Å². The largest absolute Gasteiger partial charge is 0.436 e. The van der Waals surface area contributed by atoms with Crippen LogP contribution >= 0.6 is 0 Å². The number of hydrogen-bond donors (Lipinski definition) is 0. The topological polar surface area (TPSA) is 26.0 Å². The fraction of sp³-hybridized carbons (Fsp3) is 0.0625. The van der Waals surface area contributed by atoms with E-state index >= 15 is 0 Å². The van der Waals surface area contributed by atoms with Crippen LogP contribution < -0.4 is 0 Å². The second kappa shape index (κ2) is 4.49. The summed E-state index contributed by atoms with van der Waals surface area (Å²) in [6, 6.07) is 16.0. The summed E-state index contributed by atoms with van der Waals surface area (Å²) in [7, 11) is 0. The molecule has 0 spiro atoms. The first kappa shape index (κ1) is 10.8. The van der Waals surface area contributed by atoms with Gasteiger partial charge in [-0.3, -0.25) is 0 Å². The molecule has 2 nitrogen and oxygen atoms in total. The lowest BCUT2D eigenvalue weighted by Gasteiger charge is -1.96. The quantitative estimate of drug-likeness (QED) is 0.652. The molecular weight excluding hydrogens is 222 g/mol. The third-order valence-corrected chi connectivity index (χ3v) is 2.81. The lowest BCUT2D eigenvalue weighted by Crippen LogP contribution is -1.77. The molecule has 0 saturated carbocycles. The Kier molecular flexibility index (Phi) is 2.69. The number of benzene rings is 2. The SMILES string of the molecule is C/C=C\c1ccc(-c2nc3ccccc3o2)cc1. The van der Waals surface area contributed by atoms with Crippen LogP contribution in [0.5, 0.6) is 0 Å². The molecule has 0 aliphatic heterocycles. The molecule has 0 aliphatic rings. The maximum atomic E-state index is 5.72. The van der Waals surface area contributed by atoms with Gasteiger partial charge in [-0.25, -0.2) is 4.98 Å². The second-order valence-corrected chi connectivity index (χ2v) is 4.11. The van der Waals surface area contributed by atoms with Gasteiger partial charge in [0.05, 0.1) is 0 Å². The van der Waals surface area contributed by atoms with Crippen molar-refractivity contribution in [1.29, 1.82) is 0 Å². The molecule has 0 N–H and O–H groups in total. The molecule has 2 aromatic carbocycles. The highest BCUT2D eigenvalue weighted by Crippen LogP contribution is 2.24. The summed E-state index contributed by atoms with van der Waals surface area (Å²) >= 11 is 0. The Labute approximate surface area is 106 Å². The summed E-state index contributed by atoms with van der Waals surface area (Å²) in [5, 5.41) is 0. The molecule has 0 fully saturated rings. The minimum Gasteiger partial charge on any atom is -0.436 e. The summed E-state index contributed by atoms with van der Waals surface area (Å²) in [5.41, 5.74) is 3.90. The van der Waals surface area contributed by atoms with E-state index in [9.17, 15) is 0 Å². The first-order valence-corrected chi connectivity index (χ1v) is 5.95. The normalized spacial score (nSPS) is 11.4. The van der Waals surface area contributed by atoms with E-state index < -0.39 is 0 Å². The van der Waals surface area contributed by atoms with Gasteiger partial charge in [0.2, 0.25) is 5.89 Å². The lowest BCUT2D eigenvalue weighted by atomic mass is 10.1. The molecular formula is C16H13NO. The Balaban J connectivity index is 2.03. The number of aromatic nitrogens is 1. The van der Waals surface area contributed by atoms with Gasteiger partial charge in [0.15, 0.2) is 5.58 Å². The van der Waals surface area contributed by atoms with Crippen molar-refractivity contribution < 1.29 is 4.42 Å². The Morgan fingerprint density at radius 1 is 1.00 bits per heavy atom. The Morgan fingerprint density at radius 2 is 1.78 bits per heavy atom. The van der Waals surface area contributed by atoms with Crippen molar-refractivity contribution in [2.75, 3.05) is 0 Å². The zero-order chi connectivity index (χ0) is 12.4. The fourth-order valence-corrected chi connectivity index (χ4v) is 1.92. The molecule has 0 atom stereocenters. The fourth-order valence-electron chi connectivity index (χ4n) is 1.92. The summed E-state index contributed by atoms with van der Waals surface area (Å²) in [6.07, 6.45) is 4.09. The van der Waals surface area contributed by atoms with E-state index in [1.54, 1.807) is 0 Å². The highest BCUT2D eigenvalue weighted by Gasteiger charge is 2.06. The van der Waals surface area contributed by atoms with E-state index in [4.69, 9.17) is 4.42 Å².